The third kappa shape index (κ3) is 8.47. The Balaban J connectivity index is 1.39. The number of phenolic OH excluding ortho intramolecular Hbond substituents is 2. The number of hydrogen-bond acceptors (Lipinski definition) is 8. The molecule has 0 spiro atoms. The average molecular weight is 629 g/mol. The molecular weight excluding hydrogens is 588 g/mol. The fourth-order valence-corrected chi connectivity index (χ4v) is 5.42. The zero-order chi connectivity index (χ0) is 32.3. The van der Waals surface area contributed by atoms with E-state index < -0.39 is 0 Å². The van der Waals surface area contributed by atoms with Crippen molar-refractivity contribution in [1.29, 1.82) is 0 Å². The Kier molecular flexibility index (Phi) is 11.3. The number of nitrogens with one attached hydrogen (secondary N) is 2. The van der Waals surface area contributed by atoms with Crippen LogP contribution in [0.15, 0.2) is 72.8 Å². The van der Waals surface area contributed by atoms with Crippen LogP contribution in [0.3, 0.4) is 0 Å². The number of benzene rings is 4. The molecule has 0 aromatic heterocycles. The van der Waals surface area contributed by atoms with Gasteiger partial charge < -0.3 is 39.8 Å². The lowest BCUT2D eigenvalue weighted by Crippen LogP contribution is -2.31. The van der Waals surface area contributed by atoms with Crippen LogP contribution >= 0.6 is 0 Å². The summed E-state index contributed by atoms with van der Waals surface area (Å²) in [5.74, 6) is 0.243. The lowest BCUT2D eigenvalue weighted by molar-refractivity contribution is -0.129. The predicted octanol–water partition coefficient (Wildman–Crippen LogP) is 4.56. The van der Waals surface area contributed by atoms with Crippen molar-refractivity contribution < 1.29 is 38.7 Å². The van der Waals surface area contributed by atoms with Gasteiger partial charge in [-0.3, -0.25) is 9.59 Å². The molecule has 0 saturated carbocycles. The molecule has 242 valence electrons. The average Bonchev–Trinajstić information content (AvgIpc) is 3.05. The Morgan fingerprint density at radius 2 is 1.07 bits per heavy atom. The molecule has 10 nitrogen and oxygen atoms in total. The quantitative estimate of drug-likeness (QED) is 0.208. The molecule has 0 radical (unpaired) electrons. The number of amides is 2. The standard InChI is InChI=1S/C36H40N2O8/c1-24-18-29-27-10-4-2-8-25(27)20-31(35(29)41)45-14-6-12-37-33(39)22-43-16-17-44-23-34(40)38-13-7-15-46-32-21-26-9-3-5-11-28(26)30(19-24)36(32)42/h2-5,8-11,20-21,41-42H,1,6-7,12-19,22-23H2,(H,37,39)(H,38,40). The summed E-state index contributed by atoms with van der Waals surface area (Å²) in [4.78, 5) is 24.2. The van der Waals surface area contributed by atoms with Gasteiger partial charge in [-0.25, -0.2) is 0 Å². The zero-order valence-electron chi connectivity index (χ0n) is 25.8. The van der Waals surface area contributed by atoms with Crippen LogP contribution in [-0.4, -0.2) is 74.8 Å². The van der Waals surface area contributed by atoms with Gasteiger partial charge in [-0.2, -0.15) is 0 Å². The monoisotopic (exact) mass is 628 g/mol. The van der Waals surface area contributed by atoms with Gasteiger partial charge in [0, 0.05) is 24.2 Å². The molecule has 2 amide bonds. The fourth-order valence-electron chi connectivity index (χ4n) is 5.42. The SMILES string of the molecule is C=C1Cc2c(O)c(cc3ccccc23)OCCCNC(=O)COCCOCC(=O)NCCCOc2cc3ccccc3c(c2O)C1. The summed E-state index contributed by atoms with van der Waals surface area (Å²) in [6.45, 7) is 5.73. The summed E-state index contributed by atoms with van der Waals surface area (Å²) in [5, 5.41) is 31.9. The molecule has 1 heterocycles. The van der Waals surface area contributed by atoms with Crippen LogP contribution in [0.4, 0.5) is 0 Å². The third-order valence-electron chi connectivity index (χ3n) is 7.68. The molecule has 10 heteroatoms. The second kappa shape index (κ2) is 16.0. The van der Waals surface area contributed by atoms with Crippen LogP contribution in [-0.2, 0) is 31.9 Å². The van der Waals surface area contributed by atoms with Crippen molar-refractivity contribution in [3.05, 3.63) is 83.9 Å². The van der Waals surface area contributed by atoms with Crippen LogP contribution in [0.2, 0.25) is 0 Å². The molecular formula is C36H40N2O8. The second-order valence-electron chi connectivity index (χ2n) is 11.2. The molecule has 0 aliphatic carbocycles. The summed E-state index contributed by atoms with van der Waals surface area (Å²) in [6, 6.07) is 19.2. The van der Waals surface area contributed by atoms with E-state index in [0.717, 1.165) is 27.1 Å². The first-order chi connectivity index (χ1) is 22.4. The van der Waals surface area contributed by atoms with Crippen LogP contribution in [0, 0.1) is 0 Å². The molecule has 1 aliphatic rings. The van der Waals surface area contributed by atoms with Crippen molar-refractivity contribution in [2.24, 2.45) is 0 Å². The Bertz CT molecular complexity index is 1580. The van der Waals surface area contributed by atoms with Crippen molar-refractivity contribution >= 4 is 33.4 Å². The molecule has 0 saturated heterocycles. The first kappa shape index (κ1) is 32.6. The summed E-state index contributed by atoms with van der Waals surface area (Å²) in [7, 11) is 0. The number of aromatic hydroxyl groups is 2. The normalized spacial score (nSPS) is 16.9. The molecule has 46 heavy (non-hydrogen) atoms. The topological polar surface area (TPSA) is 136 Å². The molecule has 5 rings (SSSR count). The van der Waals surface area contributed by atoms with Gasteiger partial charge in [0.05, 0.1) is 26.4 Å². The Morgan fingerprint density at radius 3 is 1.52 bits per heavy atom. The van der Waals surface area contributed by atoms with Crippen LogP contribution in [0.5, 0.6) is 23.0 Å². The maximum absolute atomic E-state index is 12.1. The number of allylic oxidation sites excluding steroid dienone is 1. The highest BCUT2D eigenvalue weighted by atomic mass is 16.5. The largest absolute Gasteiger partial charge is 0.504 e. The van der Waals surface area contributed by atoms with E-state index in [1.165, 1.54) is 0 Å². The first-order valence-corrected chi connectivity index (χ1v) is 15.5. The molecule has 4 bridgehead atoms. The van der Waals surface area contributed by atoms with E-state index in [1.807, 2.05) is 60.7 Å². The van der Waals surface area contributed by atoms with E-state index in [0.29, 0.717) is 61.4 Å². The summed E-state index contributed by atoms with van der Waals surface area (Å²) < 4.78 is 22.6. The van der Waals surface area contributed by atoms with E-state index in [-0.39, 0.29) is 63.0 Å². The molecule has 0 unspecified atom stereocenters. The van der Waals surface area contributed by atoms with Gasteiger partial charge in [0.2, 0.25) is 11.8 Å². The van der Waals surface area contributed by atoms with Crippen molar-refractivity contribution in [2.45, 2.75) is 25.7 Å². The lowest BCUT2D eigenvalue weighted by Gasteiger charge is -2.18. The number of fused-ring (bicyclic) bond motifs is 8. The minimum Gasteiger partial charge on any atom is -0.504 e. The first-order valence-electron chi connectivity index (χ1n) is 15.5. The molecule has 0 atom stereocenters. The highest BCUT2D eigenvalue weighted by Crippen LogP contribution is 2.41. The summed E-state index contributed by atoms with van der Waals surface area (Å²) in [5.41, 5.74) is 2.15. The van der Waals surface area contributed by atoms with Crippen molar-refractivity contribution in [3.8, 4) is 23.0 Å². The number of rotatable bonds is 0. The number of carbonyl (C=O) groups is 2. The number of carbonyl (C=O) groups excluding carboxylic acids is 2. The fraction of sp³-hybridized carbons (Fsp3) is 0.333. The summed E-state index contributed by atoms with van der Waals surface area (Å²) in [6.07, 6.45) is 1.73. The second-order valence-corrected chi connectivity index (χ2v) is 11.2. The maximum atomic E-state index is 12.1. The van der Waals surface area contributed by atoms with Crippen LogP contribution in [0.1, 0.15) is 24.0 Å². The highest BCUT2D eigenvalue weighted by Gasteiger charge is 2.19. The van der Waals surface area contributed by atoms with Crippen molar-refractivity contribution in [1.82, 2.24) is 10.6 Å². The zero-order valence-corrected chi connectivity index (χ0v) is 25.8. The van der Waals surface area contributed by atoms with Crippen LogP contribution in [0.25, 0.3) is 21.5 Å². The van der Waals surface area contributed by atoms with Gasteiger partial charge in [-0.1, -0.05) is 60.7 Å². The minimum absolute atomic E-state index is 0.0371. The molecule has 4 N–H and O–H groups in total. The third-order valence-corrected chi connectivity index (χ3v) is 7.68. The van der Waals surface area contributed by atoms with Gasteiger partial charge in [0.1, 0.15) is 13.2 Å². The molecule has 0 fully saturated rings. The number of ether oxygens (including phenoxy) is 4. The van der Waals surface area contributed by atoms with Crippen molar-refractivity contribution in [3.63, 3.8) is 0 Å². The molecule has 4 aromatic carbocycles. The Labute approximate surface area is 267 Å². The summed E-state index contributed by atoms with van der Waals surface area (Å²) >= 11 is 0. The minimum atomic E-state index is -0.268. The van der Waals surface area contributed by atoms with Crippen molar-refractivity contribution in [2.75, 3.05) is 52.7 Å². The van der Waals surface area contributed by atoms with E-state index in [2.05, 4.69) is 17.2 Å². The van der Waals surface area contributed by atoms with Gasteiger partial charge in [0.25, 0.3) is 0 Å². The predicted molar refractivity (Wildman–Crippen MR) is 176 cm³/mol. The van der Waals surface area contributed by atoms with E-state index in [9.17, 15) is 19.8 Å². The smallest absolute Gasteiger partial charge is 0.246 e. The van der Waals surface area contributed by atoms with Crippen LogP contribution < -0.4 is 20.1 Å². The van der Waals surface area contributed by atoms with E-state index in [4.69, 9.17) is 18.9 Å². The maximum Gasteiger partial charge on any atom is 0.246 e. The van der Waals surface area contributed by atoms with Gasteiger partial charge >= 0.3 is 0 Å². The van der Waals surface area contributed by atoms with Gasteiger partial charge in [0.15, 0.2) is 23.0 Å². The van der Waals surface area contributed by atoms with Gasteiger partial charge in [-0.05, 0) is 59.4 Å². The Morgan fingerprint density at radius 1 is 0.630 bits per heavy atom. The highest BCUT2D eigenvalue weighted by molar-refractivity contribution is 5.91. The van der Waals surface area contributed by atoms with E-state index >= 15 is 0 Å². The van der Waals surface area contributed by atoms with E-state index in [1.54, 1.807) is 0 Å². The van der Waals surface area contributed by atoms with Gasteiger partial charge in [-0.15, -0.1) is 0 Å². The Hall–Kier alpha value is -4.80. The molecule has 1 aliphatic heterocycles. The molecule has 4 aromatic rings. The number of hydrogen-bond donors (Lipinski definition) is 4. The lowest BCUT2D eigenvalue weighted by atomic mass is 9.92. The number of phenols is 2.